The van der Waals surface area contributed by atoms with Gasteiger partial charge in [0.05, 0.1) is 6.61 Å². The summed E-state index contributed by atoms with van der Waals surface area (Å²) >= 11 is 0. The number of ether oxygens (including phenoxy) is 1. The summed E-state index contributed by atoms with van der Waals surface area (Å²) < 4.78 is 20.4. The van der Waals surface area contributed by atoms with Gasteiger partial charge in [-0.15, -0.1) is 0 Å². The highest BCUT2D eigenvalue weighted by molar-refractivity contribution is 7.46. The lowest BCUT2D eigenvalue weighted by Gasteiger charge is -2.36. The number of hydrogen-bond donors (Lipinski definition) is 6. The number of phosphoric ester groups is 1. The standard InChI is InChI=1S/C16H20N3O9P/c17-16(13(22)9-4-2-1-3-5-9)6-7-19(15(23)18-16)14-12(21)11(20)10(28-14)8-27-29(24,25)26/h1-7,10-12,14,20-21H,8,17H2,(H,18,23)(H2,24,25,26)/t10-,11-,12-,14-,16?/m1/s1. The van der Waals surface area contributed by atoms with Crippen molar-refractivity contribution in [3.63, 3.8) is 0 Å². The number of aliphatic hydroxyl groups is 2. The number of phosphoric acid groups is 1. The maximum absolute atomic E-state index is 12.6. The highest BCUT2D eigenvalue weighted by Crippen LogP contribution is 2.37. The molecule has 1 aromatic rings. The fourth-order valence-electron chi connectivity index (χ4n) is 2.98. The Morgan fingerprint density at radius 1 is 1.28 bits per heavy atom. The fourth-order valence-corrected chi connectivity index (χ4v) is 3.32. The number of aliphatic hydroxyl groups excluding tert-OH is 2. The van der Waals surface area contributed by atoms with E-state index >= 15 is 0 Å². The Morgan fingerprint density at radius 2 is 1.93 bits per heavy atom. The van der Waals surface area contributed by atoms with Gasteiger partial charge in [0.25, 0.3) is 0 Å². The van der Waals surface area contributed by atoms with E-state index in [1.165, 1.54) is 18.2 Å². The van der Waals surface area contributed by atoms with E-state index < -0.39 is 56.4 Å². The zero-order valence-corrected chi connectivity index (χ0v) is 15.8. The van der Waals surface area contributed by atoms with Crippen LogP contribution in [0.5, 0.6) is 0 Å². The molecule has 2 aliphatic heterocycles. The average molecular weight is 429 g/mol. The molecule has 158 valence electrons. The number of rotatable bonds is 6. The maximum Gasteiger partial charge on any atom is 0.469 e. The zero-order chi connectivity index (χ0) is 21.4. The summed E-state index contributed by atoms with van der Waals surface area (Å²) in [6, 6.07) is 7.19. The second kappa shape index (κ2) is 7.94. The Labute approximate surface area is 164 Å². The summed E-state index contributed by atoms with van der Waals surface area (Å²) in [6.07, 6.45) is -3.56. The summed E-state index contributed by atoms with van der Waals surface area (Å²) in [6.45, 7) is -0.717. The lowest BCUT2D eigenvalue weighted by Crippen LogP contribution is -2.66. The Morgan fingerprint density at radius 3 is 2.52 bits per heavy atom. The minimum Gasteiger partial charge on any atom is -0.387 e. The largest absolute Gasteiger partial charge is 0.469 e. The van der Waals surface area contributed by atoms with Gasteiger partial charge in [0, 0.05) is 11.8 Å². The van der Waals surface area contributed by atoms with E-state index in [-0.39, 0.29) is 5.56 Å². The second-order valence-corrected chi connectivity index (χ2v) is 7.79. The molecule has 0 saturated carbocycles. The Hall–Kier alpha value is -2.15. The Balaban J connectivity index is 1.74. The van der Waals surface area contributed by atoms with E-state index in [4.69, 9.17) is 20.3 Å². The summed E-state index contributed by atoms with van der Waals surface area (Å²) in [5, 5.41) is 22.5. The van der Waals surface area contributed by atoms with Crippen molar-refractivity contribution in [2.45, 2.75) is 30.2 Å². The Kier molecular flexibility index (Phi) is 5.90. The van der Waals surface area contributed by atoms with Gasteiger partial charge >= 0.3 is 13.9 Å². The molecule has 1 unspecified atom stereocenters. The first-order valence-electron chi connectivity index (χ1n) is 8.42. The Bertz CT molecular complexity index is 860. The van der Waals surface area contributed by atoms with E-state index in [1.807, 2.05) is 0 Å². The fraction of sp³-hybridized carbons (Fsp3) is 0.375. The van der Waals surface area contributed by atoms with Gasteiger partial charge in [-0.3, -0.25) is 20.0 Å². The van der Waals surface area contributed by atoms with Crippen LogP contribution in [-0.2, 0) is 13.8 Å². The predicted molar refractivity (Wildman–Crippen MR) is 95.9 cm³/mol. The van der Waals surface area contributed by atoms with Gasteiger partial charge in [-0.1, -0.05) is 30.3 Å². The normalized spacial score (nSPS) is 32.3. The molecule has 2 heterocycles. The number of hydrogen-bond acceptors (Lipinski definition) is 8. The van der Waals surface area contributed by atoms with Crippen molar-refractivity contribution in [1.29, 1.82) is 0 Å². The first-order chi connectivity index (χ1) is 13.5. The molecule has 13 heteroatoms. The molecule has 7 N–H and O–H groups in total. The summed E-state index contributed by atoms with van der Waals surface area (Å²) in [4.78, 5) is 43.5. The molecule has 5 atom stereocenters. The number of benzene rings is 1. The molecule has 1 fully saturated rings. The molecule has 0 spiro atoms. The molecule has 0 radical (unpaired) electrons. The van der Waals surface area contributed by atoms with Crippen LogP contribution in [0.3, 0.4) is 0 Å². The van der Waals surface area contributed by atoms with Crippen molar-refractivity contribution in [3.8, 4) is 0 Å². The van der Waals surface area contributed by atoms with Gasteiger partial charge in [0.1, 0.15) is 18.3 Å². The van der Waals surface area contributed by atoms with Crippen LogP contribution in [0.25, 0.3) is 0 Å². The average Bonchev–Trinajstić information content (AvgIpc) is 2.94. The molecule has 0 aliphatic carbocycles. The zero-order valence-electron chi connectivity index (χ0n) is 14.9. The molecule has 1 aromatic carbocycles. The summed E-state index contributed by atoms with van der Waals surface area (Å²) in [7, 11) is -4.82. The van der Waals surface area contributed by atoms with Crippen LogP contribution in [0.2, 0.25) is 0 Å². The topological polar surface area (TPSA) is 192 Å². The van der Waals surface area contributed by atoms with E-state index in [2.05, 4.69) is 9.84 Å². The summed E-state index contributed by atoms with van der Waals surface area (Å²) in [5.41, 5.74) is 4.46. The highest BCUT2D eigenvalue weighted by atomic mass is 31.2. The minimum absolute atomic E-state index is 0.274. The number of carbonyl (C=O) groups is 2. The summed E-state index contributed by atoms with van der Waals surface area (Å²) in [5.74, 6) is -0.566. The maximum atomic E-state index is 12.6. The number of ketones is 1. The van der Waals surface area contributed by atoms with Crippen molar-refractivity contribution >= 4 is 19.6 Å². The minimum atomic E-state index is -4.82. The predicted octanol–water partition coefficient (Wildman–Crippen LogP) is -1.38. The number of Topliss-reactive ketones (excluding diaryl/α,β-unsaturated/α-hetero) is 1. The number of nitrogens with zero attached hydrogens (tertiary/aromatic N) is 1. The number of urea groups is 1. The molecule has 1 saturated heterocycles. The van der Waals surface area contributed by atoms with E-state index in [0.29, 0.717) is 0 Å². The lowest BCUT2D eigenvalue weighted by molar-refractivity contribution is -0.0660. The van der Waals surface area contributed by atoms with Crippen molar-refractivity contribution in [2.75, 3.05) is 6.61 Å². The van der Waals surface area contributed by atoms with Crippen LogP contribution in [-0.4, -0.2) is 73.5 Å². The van der Waals surface area contributed by atoms with Crippen LogP contribution < -0.4 is 11.1 Å². The van der Waals surface area contributed by atoms with Gasteiger partial charge in [-0.2, -0.15) is 0 Å². The van der Waals surface area contributed by atoms with Crippen molar-refractivity contribution in [1.82, 2.24) is 10.2 Å². The number of carbonyl (C=O) groups excluding carboxylic acids is 2. The van der Waals surface area contributed by atoms with Crippen LogP contribution >= 0.6 is 7.82 Å². The number of amides is 2. The second-order valence-electron chi connectivity index (χ2n) is 6.55. The molecule has 2 aliphatic rings. The van der Waals surface area contributed by atoms with Crippen LogP contribution in [0.15, 0.2) is 42.6 Å². The quantitative estimate of drug-likeness (QED) is 0.232. The molecule has 3 rings (SSSR count). The first kappa shape index (κ1) is 21.6. The molecule has 0 bridgehead atoms. The molecule has 29 heavy (non-hydrogen) atoms. The van der Waals surface area contributed by atoms with E-state index in [9.17, 15) is 24.4 Å². The van der Waals surface area contributed by atoms with Crippen LogP contribution in [0, 0.1) is 0 Å². The third-order valence-corrected chi connectivity index (χ3v) is 4.96. The molecule has 2 amide bonds. The van der Waals surface area contributed by atoms with Gasteiger partial charge in [0.15, 0.2) is 11.9 Å². The van der Waals surface area contributed by atoms with Crippen molar-refractivity contribution in [3.05, 3.63) is 48.2 Å². The first-order valence-corrected chi connectivity index (χ1v) is 9.95. The molecular formula is C16H20N3O9P. The van der Waals surface area contributed by atoms with E-state index in [0.717, 1.165) is 11.1 Å². The van der Waals surface area contributed by atoms with Crippen molar-refractivity contribution < 1.29 is 43.4 Å². The van der Waals surface area contributed by atoms with Gasteiger partial charge in [0.2, 0.25) is 5.78 Å². The smallest absolute Gasteiger partial charge is 0.387 e. The van der Waals surface area contributed by atoms with Gasteiger partial charge in [-0.05, 0) is 6.08 Å². The monoisotopic (exact) mass is 429 g/mol. The lowest BCUT2D eigenvalue weighted by atomic mass is 9.97. The number of nitrogens with two attached hydrogens (primary N) is 1. The molecular weight excluding hydrogens is 409 g/mol. The third-order valence-electron chi connectivity index (χ3n) is 4.48. The van der Waals surface area contributed by atoms with Crippen LogP contribution in [0.1, 0.15) is 10.4 Å². The number of nitrogens with one attached hydrogen (secondary N) is 1. The van der Waals surface area contributed by atoms with E-state index in [1.54, 1.807) is 18.2 Å². The van der Waals surface area contributed by atoms with Gasteiger partial charge < -0.3 is 30.1 Å². The molecule has 0 aromatic heterocycles. The SMILES string of the molecule is NC1(C(=O)c2ccccc2)C=CN([C@@H]2O[C@H](COP(=O)(O)O)[C@@H](O)[C@H]2O)C(=O)N1. The third kappa shape index (κ3) is 4.55. The van der Waals surface area contributed by atoms with Gasteiger partial charge in [-0.25, -0.2) is 9.36 Å². The highest BCUT2D eigenvalue weighted by Gasteiger charge is 2.49. The van der Waals surface area contributed by atoms with Crippen LogP contribution in [0.4, 0.5) is 4.79 Å². The van der Waals surface area contributed by atoms with Crippen molar-refractivity contribution in [2.24, 2.45) is 5.73 Å². The molecule has 12 nitrogen and oxygen atoms in total.